The van der Waals surface area contributed by atoms with Crippen molar-refractivity contribution in [2.75, 3.05) is 26.2 Å². The molecule has 2 aliphatic rings. The minimum atomic E-state index is -3.48. The monoisotopic (exact) mass is 469 g/mol. The number of nitrogens with zero attached hydrogens (tertiary/aromatic N) is 2. The van der Waals surface area contributed by atoms with Crippen LogP contribution in [0.1, 0.15) is 46.4 Å². The molecule has 8 nitrogen and oxygen atoms in total. The summed E-state index contributed by atoms with van der Waals surface area (Å²) in [5.41, 5.74) is 0.820. The first-order valence-electron chi connectivity index (χ1n) is 11.1. The molecule has 0 spiro atoms. The molecule has 0 aliphatic carbocycles. The summed E-state index contributed by atoms with van der Waals surface area (Å²) in [5.74, 6) is -0.542. The van der Waals surface area contributed by atoms with Gasteiger partial charge in [0.2, 0.25) is 15.9 Å². The minimum absolute atomic E-state index is 0.133. The van der Waals surface area contributed by atoms with E-state index in [1.54, 1.807) is 54.6 Å². The zero-order chi connectivity index (χ0) is 23.4. The van der Waals surface area contributed by atoms with Crippen molar-refractivity contribution >= 4 is 27.7 Å². The lowest BCUT2D eigenvalue weighted by Gasteiger charge is -2.31. The summed E-state index contributed by atoms with van der Waals surface area (Å²) in [5, 5.41) is 2.91. The van der Waals surface area contributed by atoms with E-state index < -0.39 is 10.0 Å². The molecule has 9 heteroatoms. The van der Waals surface area contributed by atoms with E-state index in [4.69, 9.17) is 0 Å². The van der Waals surface area contributed by atoms with Gasteiger partial charge < -0.3 is 5.32 Å². The summed E-state index contributed by atoms with van der Waals surface area (Å²) < 4.78 is 26.9. The number of fused-ring (bicyclic) bond motifs is 1. The van der Waals surface area contributed by atoms with E-state index in [0.717, 1.165) is 0 Å². The van der Waals surface area contributed by atoms with Crippen molar-refractivity contribution in [3.05, 3.63) is 65.7 Å². The van der Waals surface area contributed by atoms with E-state index in [1.807, 2.05) is 0 Å². The average molecular weight is 470 g/mol. The molecule has 174 valence electrons. The van der Waals surface area contributed by atoms with Gasteiger partial charge in [-0.05, 0) is 49.4 Å². The second-order valence-corrected chi connectivity index (χ2v) is 10.3. The van der Waals surface area contributed by atoms with Crippen LogP contribution in [0.3, 0.4) is 0 Å². The van der Waals surface area contributed by atoms with Gasteiger partial charge in [-0.3, -0.25) is 19.3 Å². The molecule has 33 heavy (non-hydrogen) atoms. The SMILES string of the molecule is O=C(CCCN1C(=O)c2ccccc2C1=O)NCC1CCN(S(=O)(=O)c2ccccc2)CC1. The minimum Gasteiger partial charge on any atom is -0.356 e. The highest BCUT2D eigenvalue weighted by molar-refractivity contribution is 7.89. The van der Waals surface area contributed by atoms with Crippen LogP contribution < -0.4 is 5.32 Å². The normalized spacial score (nSPS) is 17.3. The second-order valence-electron chi connectivity index (χ2n) is 8.38. The molecule has 2 aliphatic heterocycles. The summed E-state index contributed by atoms with van der Waals surface area (Å²) in [6.45, 7) is 1.55. The maximum Gasteiger partial charge on any atom is 0.261 e. The van der Waals surface area contributed by atoms with Crippen molar-refractivity contribution < 1.29 is 22.8 Å². The lowest BCUT2D eigenvalue weighted by molar-refractivity contribution is -0.121. The van der Waals surface area contributed by atoms with Crippen molar-refractivity contribution in [2.24, 2.45) is 5.92 Å². The fourth-order valence-corrected chi connectivity index (χ4v) is 5.77. The van der Waals surface area contributed by atoms with Crippen molar-refractivity contribution in [1.29, 1.82) is 0 Å². The van der Waals surface area contributed by atoms with Gasteiger partial charge in [0.1, 0.15) is 0 Å². The molecule has 0 radical (unpaired) electrons. The molecule has 1 saturated heterocycles. The van der Waals surface area contributed by atoms with Crippen molar-refractivity contribution in [2.45, 2.75) is 30.6 Å². The molecule has 0 atom stereocenters. The zero-order valence-electron chi connectivity index (χ0n) is 18.3. The van der Waals surface area contributed by atoms with Gasteiger partial charge in [0.15, 0.2) is 0 Å². The number of rotatable bonds is 8. The Hall–Kier alpha value is -3.04. The van der Waals surface area contributed by atoms with Crippen molar-refractivity contribution in [1.82, 2.24) is 14.5 Å². The lowest BCUT2D eigenvalue weighted by Crippen LogP contribution is -2.41. The summed E-state index contributed by atoms with van der Waals surface area (Å²) in [7, 11) is -3.48. The maximum atomic E-state index is 12.7. The molecule has 2 aromatic carbocycles. The standard InChI is InChI=1S/C24H27N3O5S/c28-22(11-6-14-27-23(29)20-9-4-5-10-21(20)24(27)30)25-17-18-12-15-26(16-13-18)33(31,32)19-7-2-1-3-8-19/h1-5,7-10,18H,6,11-17H2,(H,25,28). The highest BCUT2D eigenvalue weighted by atomic mass is 32.2. The Balaban J connectivity index is 1.17. The van der Waals surface area contributed by atoms with Gasteiger partial charge in [-0.25, -0.2) is 8.42 Å². The van der Waals surface area contributed by atoms with Crippen LogP contribution in [-0.4, -0.2) is 61.5 Å². The molecular weight excluding hydrogens is 442 g/mol. The fourth-order valence-electron chi connectivity index (χ4n) is 4.28. The van der Waals surface area contributed by atoms with E-state index in [-0.39, 0.29) is 36.6 Å². The Morgan fingerprint density at radius 3 is 2.09 bits per heavy atom. The third-order valence-electron chi connectivity index (χ3n) is 6.21. The van der Waals surface area contributed by atoms with Gasteiger partial charge in [-0.2, -0.15) is 4.31 Å². The first-order chi connectivity index (χ1) is 15.9. The number of carbonyl (C=O) groups is 3. The molecule has 0 unspecified atom stereocenters. The number of sulfonamides is 1. The number of amides is 3. The zero-order valence-corrected chi connectivity index (χ0v) is 19.1. The molecule has 4 rings (SSSR count). The fraction of sp³-hybridized carbons (Fsp3) is 0.375. The molecule has 0 aromatic heterocycles. The summed E-state index contributed by atoms with van der Waals surface area (Å²) >= 11 is 0. The van der Waals surface area contributed by atoms with Crippen LogP contribution >= 0.6 is 0 Å². The average Bonchev–Trinajstić information content (AvgIpc) is 3.08. The summed E-state index contributed by atoms with van der Waals surface area (Å²) in [6, 6.07) is 15.1. The smallest absolute Gasteiger partial charge is 0.261 e. The first kappa shape index (κ1) is 23.1. The number of imide groups is 1. The van der Waals surface area contributed by atoms with E-state index in [0.29, 0.717) is 54.9 Å². The number of carbonyl (C=O) groups excluding carboxylic acids is 3. The Labute approximate surface area is 193 Å². The molecule has 1 fully saturated rings. The molecule has 3 amide bonds. The Morgan fingerprint density at radius 2 is 1.48 bits per heavy atom. The molecule has 0 saturated carbocycles. The lowest BCUT2D eigenvalue weighted by atomic mass is 9.98. The van der Waals surface area contributed by atoms with Crippen LogP contribution in [0, 0.1) is 5.92 Å². The molecule has 0 bridgehead atoms. The van der Waals surface area contributed by atoms with E-state index in [2.05, 4.69) is 5.32 Å². The number of benzene rings is 2. The second kappa shape index (κ2) is 9.84. The molecule has 2 aromatic rings. The Kier molecular flexibility index (Phi) is 6.90. The first-order valence-corrected chi connectivity index (χ1v) is 12.6. The van der Waals surface area contributed by atoms with Crippen LogP contribution in [0.25, 0.3) is 0 Å². The Bertz CT molecular complexity index is 1110. The largest absolute Gasteiger partial charge is 0.356 e. The van der Waals surface area contributed by atoms with Gasteiger partial charge >= 0.3 is 0 Å². The summed E-state index contributed by atoms with van der Waals surface area (Å²) in [4.78, 5) is 38.5. The summed E-state index contributed by atoms with van der Waals surface area (Å²) in [6.07, 6.45) is 1.97. The van der Waals surface area contributed by atoms with Crippen LogP contribution in [0.15, 0.2) is 59.5 Å². The van der Waals surface area contributed by atoms with Crippen LogP contribution in [0.2, 0.25) is 0 Å². The molecular formula is C24H27N3O5S. The third-order valence-corrected chi connectivity index (χ3v) is 8.12. The van der Waals surface area contributed by atoms with Gasteiger partial charge in [-0.15, -0.1) is 0 Å². The Morgan fingerprint density at radius 1 is 0.909 bits per heavy atom. The topological polar surface area (TPSA) is 104 Å². The van der Waals surface area contributed by atoms with Gasteiger partial charge in [0.05, 0.1) is 16.0 Å². The van der Waals surface area contributed by atoms with Crippen LogP contribution in [0.5, 0.6) is 0 Å². The molecule has 2 heterocycles. The maximum absolute atomic E-state index is 12.7. The van der Waals surface area contributed by atoms with Crippen molar-refractivity contribution in [3.8, 4) is 0 Å². The van der Waals surface area contributed by atoms with Gasteiger partial charge in [0, 0.05) is 32.6 Å². The molecule has 1 N–H and O–H groups in total. The predicted octanol–water partition coefficient (Wildman–Crippen LogP) is 2.28. The van der Waals surface area contributed by atoms with Gasteiger partial charge in [0.25, 0.3) is 11.8 Å². The van der Waals surface area contributed by atoms with Crippen LogP contribution in [0.4, 0.5) is 0 Å². The quantitative estimate of drug-likeness (QED) is 0.598. The highest BCUT2D eigenvalue weighted by Gasteiger charge is 2.34. The van der Waals surface area contributed by atoms with Crippen LogP contribution in [-0.2, 0) is 14.8 Å². The third kappa shape index (κ3) is 4.99. The number of hydrogen-bond donors (Lipinski definition) is 1. The van der Waals surface area contributed by atoms with Gasteiger partial charge in [-0.1, -0.05) is 30.3 Å². The van der Waals surface area contributed by atoms with E-state index in [9.17, 15) is 22.8 Å². The number of piperidine rings is 1. The van der Waals surface area contributed by atoms with E-state index >= 15 is 0 Å². The highest BCUT2D eigenvalue weighted by Crippen LogP contribution is 2.24. The van der Waals surface area contributed by atoms with E-state index in [1.165, 1.54) is 9.21 Å². The predicted molar refractivity (Wildman–Crippen MR) is 122 cm³/mol. The van der Waals surface area contributed by atoms with Crippen molar-refractivity contribution in [3.63, 3.8) is 0 Å². The number of hydrogen-bond acceptors (Lipinski definition) is 5. The number of nitrogens with one attached hydrogen (secondary N) is 1.